The number of rotatable bonds is 4. The van der Waals surface area contributed by atoms with Crippen molar-refractivity contribution in [3.8, 4) is 0 Å². The maximum Gasteiger partial charge on any atom is 0.287 e. The molecule has 2 rings (SSSR count). The molecule has 1 unspecified atom stereocenters. The largest absolute Gasteiger partial charge is 0.369 e. The minimum atomic E-state index is -2.73. The van der Waals surface area contributed by atoms with E-state index in [0.717, 1.165) is 19.6 Å². The van der Waals surface area contributed by atoms with Gasteiger partial charge in [0.1, 0.15) is 6.10 Å². The fourth-order valence-corrected chi connectivity index (χ4v) is 2.95. The Balaban J connectivity index is 1.77. The summed E-state index contributed by atoms with van der Waals surface area (Å²) in [6, 6.07) is 0. The van der Waals surface area contributed by atoms with Gasteiger partial charge in [-0.05, 0) is 46.7 Å². The predicted molar refractivity (Wildman–Crippen MR) is 76.3 cm³/mol. The van der Waals surface area contributed by atoms with Gasteiger partial charge in [0.15, 0.2) is 0 Å². The van der Waals surface area contributed by atoms with Crippen LogP contribution in [0.4, 0.5) is 8.78 Å². The van der Waals surface area contributed by atoms with Crippen molar-refractivity contribution in [3.05, 3.63) is 0 Å². The van der Waals surface area contributed by atoms with Crippen LogP contribution in [0.1, 0.15) is 40.0 Å². The first kappa shape index (κ1) is 16.1. The van der Waals surface area contributed by atoms with Crippen LogP contribution in [0.15, 0.2) is 0 Å². The van der Waals surface area contributed by atoms with Gasteiger partial charge in [0.25, 0.3) is 5.92 Å². The van der Waals surface area contributed by atoms with Gasteiger partial charge in [-0.15, -0.1) is 0 Å². The smallest absolute Gasteiger partial charge is 0.287 e. The average molecular weight is 290 g/mol. The van der Waals surface area contributed by atoms with Crippen molar-refractivity contribution in [2.24, 2.45) is 0 Å². The Kier molecular flexibility index (Phi) is 5.03. The van der Waals surface area contributed by atoms with E-state index in [0.29, 0.717) is 13.2 Å². The lowest BCUT2D eigenvalue weighted by Gasteiger charge is -2.31. The molecule has 0 aromatic heterocycles. The molecule has 2 fully saturated rings. The molecule has 0 N–H and O–H groups in total. The maximum atomic E-state index is 14.0. The molecular weight excluding hydrogens is 262 g/mol. The number of piperidine rings is 1. The lowest BCUT2D eigenvalue weighted by molar-refractivity contribution is -0.108. The van der Waals surface area contributed by atoms with Crippen LogP contribution >= 0.6 is 0 Å². The molecule has 1 atom stereocenters. The number of halogens is 2. The van der Waals surface area contributed by atoms with E-state index in [1.54, 1.807) is 0 Å². The van der Waals surface area contributed by atoms with Crippen LogP contribution < -0.4 is 0 Å². The summed E-state index contributed by atoms with van der Waals surface area (Å²) in [7, 11) is 0. The second-order valence-electron chi connectivity index (χ2n) is 7.07. The molecule has 2 heterocycles. The summed E-state index contributed by atoms with van der Waals surface area (Å²) in [6.07, 6.45) is 2.78. The Bertz CT molecular complexity index is 311. The monoisotopic (exact) mass is 290 g/mol. The minimum Gasteiger partial charge on any atom is -0.369 e. The molecule has 2 saturated heterocycles. The fourth-order valence-electron chi connectivity index (χ4n) is 2.95. The van der Waals surface area contributed by atoms with Crippen LogP contribution in [0, 0.1) is 0 Å². The number of ether oxygens (including phenoxy) is 1. The van der Waals surface area contributed by atoms with E-state index >= 15 is 0 Å². The molecule has 20 heavy (non-hydrogen) atoms. The van der Waals surface area contributed by atoms with E-state index in [9.17, 15) is 8.78 Å². The van der Waals surface area contributed by atoms with Crippen LogP contribution in [-0.2, 0) is 4.74 Å². The van der Waals surface area contributed by atoms with Crippen molar-refractivity contribution in [1.82, 2.24) is 9.80 Å². The van der Waals surface area contributed by atoms with Crippen LogP contribution in [-0.4, -0.2) is 66.7 Å². The minimum absolute atomic E-state index is 0.190. The van der Waals surface area contributed by atoms with E-state index in [4.69, 9.17) is 4.74 Å². The molecule has 0 amide bonds. The van der Waals surface area contributed by atoms with Crippen molar-refractivity contribution >= 4 is 0 Å². The lowest BCUT2D eigenvalue weighted by atomic mass is 10.1. The zero-order valence-corrected chi connectivity index (χ0v) is 13.0. The first-order valence-electron chi connectivity index (χ1n) is 7.76. The van der Waals surface area contributed by atoms with E-state index in [1.165, 1.54) is 19.3 Å². The molecule has 0 aliphatic carbocycles. The standard InChI is InChI=1S/C15H28F2N2O/c1-14(2,3)19-11-13(15(16,17)12-19)20-10-9-18-7-5-4-6-8-18/h13H,4-12H2,1-3H3. The molecule has 2 aliphatic rings. The third-order valence-corrected chi connectivity index (χ3v) is 4.38. The molecule has 0 radical (unpaired) electrons. The highest BCUT2D eigenvalue weighted by molar-refractivity contribution is 4.96. The van der Waals surface area contributed by atoms with Gasteiger partial charge in [-0.25, -0.2) is 8.78 Å². The highest BCUT2D eigenvalue weighted by atomic mass is 19.3. The molecule has 0 bridgehead atoms. The van der Waals surface area contributed by atoms with Gasteiger partial charge in [-0.1, -0.05) is 6.42 Å². The molecule has 118 valence electrons. The molecule has 0 saturated carbocycles. The molecule has 2 aliphatic heterocycles. The summed E-state index contributed by atoms with van der Waals surface area (Å²) in [5.74, 6) is -2.73. The van der Waals surface area contributed by atoms with Gasteiger partial charge < -0.3 is 9.64 Å². The van der Waals surface area contributed by atoms with Crippen LogP contribution in [0.2, 0.25) is 0 Å². The Labute approximate surface area is 121 Å². The number of alkyl halides is 2. The van der Waals surface area contributed by atoms with E-state index in [1.807, 2.05) is 25.7 Å². The summed E-state index contributed by atoms with van der Waals surface area (Å²) in [4.78, 5) is 4.14. The zero-order valence-electron chi connectivity index (χ0n) is 13.0. The molecular formula is C15H28F2N2O. The summed E-state index contributed by atoms with van der Waals surface area (Å²) in [6.45, 7) is 9.41. The van der Waals surface area contributed by atoms with Crippen molar-refractivity contribution < 1.29 is 13.5 Å². The topological polar surface area (TPSA) is 15.7 Å². The van der Waals surface area contributed by atoms with Crippen molar-refractivity contribution in [1.29, 1.82) is 0 Å². The summed E-state index contributed by atoms with van der Waals surface area (Å²) in [5.41, 5.74) is -0.228. The molecule has 3 nitrogen and oxygen atoms in total. The van der Waals surface area contributed by atoms with Gasteiger partial charge in [-0.2, -0.15) is 0 Å². The van der Waals surface area contributed by atoms with E-state index in [-0.39, 0.29) is 12.1 Å². The third-order valence-electron chi connectivity index (χ3n) is 4.38. The summed E-state index contributed by atoms with van der Waals surface area (Å²) in [5, 5.41) is 0. The Morgan fingerprint density at radius 2 is 1.80 bits per heavy atom. The fraction of sp³-hybridized carbons (Fsp3) is 1.00. The van der Waals surface area contributed by atoms with Gasteiger partial charge in [0, 0.05) is 18.6 Å². The maximum absolute atomic E-state index is 14.0. The molecule has 0 aromatic rings. The van der Waals surface area contributed by atoms with E-state index < -0.39 is 12.0 Å². The van der Waals surface area contributed by atoms with Gasteiger partial charge in [0.2, 0.25) is 0 Å². The average Bonchev–Trinajstić information content (AvgIpc) is 2.66. The highest BCUT2D eigenvalue weighted by Gasteiger charge is 2.51. The first-order chi connectivity index (χ1) is 9.29. The van der Waals surface area contributed by atoms with Gasteiger partial charge >= 0.3 is 0 Å². The normalized spacial score (nSPS) is 28.9. The van der Waals surface area contributed by atoms with Crippen LogP contribution in [0.5, 0.6) is 0 Å². The van der Waals surface area contributed by atoms with Crippen LogP contribution in [0.3, 0.4) is 0 Å². The number of likely N-dealkylation sites (tertiary alicyclic amines) is 2. The molecule has 5 heteroatoms. The van der Waals surface area contributed by atoms with Crippen molar-refractivity contribution in [2.75, 3.05) is 39.3 Å². The highest BCUT2D eigenvalue weighted by Crippen LogP contribution is 2.33. The van der Waals surface area contributed by atoms with Gasteiger partial charge in [0.05, 0.1) is 13.2 Å². The van der Waals surface area contributed by atoms with E-state index in [2.05, 4.69) is 4.90 Å². The first-order valence-corrected chi connectivity index (χ1v) is 7.76. The third kappa shape index (κ3) is 4.12. The second-order valence-corrected chi connectivity index (χ2v) is 7.07. The Morgan fingerprint density at radius 3 is 2.35 bits per heavy atom. The van der Waals surface area contributed by atoms with Crippen LogP contribution in [0.25, 0.3) is 0 Å². The number of nitrogens with zero attached hydrogens (tertiary/aromatic N) is 2. The van der Waals surface area contributed by atoms with Gasteiger partial charge in [-0.3, -0.25) is 4.90 Å². The molecule has 0 spiro atoms. The molecule has 0 aromatic carbocycles. The Morgan fingerprint density at radius 1 is 1.15 bits per heavy atom. The number of hydrogen-bond donors (Lipinski definition) is 0. The summed E-state index contributed by atoms with van der Waals surface area (Å²) < 4.78 is 33.5. The number of hydrogen-bond acceptors (Lipinski definition) is 3. The summed E-state index contributed by atoms with van der Waals surface area (Å²) >= 11 is 0. The lowest BCUT2D eigenvalue weighted by Crippen LogP contribution is -2.40. The van der Waals surface area contributed by atoms with Crippen molar-refractivity contribution in [3.63, 3.8) is 0 Å². The SMILES string of the molecule is CC(C)(C)N1CC(OCCN2CCCCC2)C(F)(F)C1. The Hall–Kier alpha value is -0.260. The second kappa shape index (κ2) is 6.24. The zero-order chi connectivity index (χ0) is 14.8. The predicted octanol–water partition coefficient (Wildman–Crippen LogP) is 2.61. The van der Waals surface area contributed by atoms with Crippen molar-refractivity contribution in [2.45, 2.75) is 57.6 Å². The quantitative estimate of drug-likeness (QED) is 0.791.